The van der Waals surface area contributed by atoms with Crippen molar-refractivity contribution < 1.29 is 17.9 Å². The van der Waals surface area contributed by atoms with Crippen LogP contribution >= 0.6 is 11.6 Å². The highest BCUT2D eigenvalue weighted by molar-refractivity contribution is 7.89. The van der Waals surface area contributed by atoms with Crippen LogP contribution in [0.25, 0.3) is 11.0 Å². The number of halogens is 2. The van der Waals surface area contributed by atoms with Gasteiger partial charge in [-0.2, -0.15) is 9.29 Å². The summed E-state index contributed by atoms with van der Waals surface area (Å²) in [6.07, 6.45) is 3.86. The van der Waals surface area contributed by atoms with E-state index < -0.39 is 32.9 Å². The van der Waals surface area contributed by atoms with Crippen molar-refractivity contribution in [3.63, 3.8) is 0 Å². The molecule has 1 aliphatic heterocycles. The lowest BCUT2D eigenvalue weighted by Gasteiger charge is -2.38. The van der Waals surface area contributed by atoms with E-state index in [1.807, 2.05) is 13.8 Å². The SMILES string of the molecule is Cc1cc(S(=O)(=O)N2CCC(F)(C(C)C)CC2)ccc1Nc1ncc2cc(Cl)c(=O)n([C@@H]3CCC[C@@]3(C)O)c2n1. The number of rotatable bonds is 6. The molecule has 2 aromatic heterocycles. The van der Waals surface area contributed by atoms with E-state index in [4.69, 9.17) is 11.6 Å². The fourth-order valence-electron chi connectivity index (χ4n) is 5.86. The van der Waals surface area contributed by atoms with Crippen molar-refractivity contribution in [3.05, 3.63) is 51.4 Å². The number of fused-ring (bicyclic) bond motifs is 1. The van der Waals surface area contributed by atoms with Crippen molar-refractivity contribution in [1.82, 2.24) is 18.8 Å². The van der Waals surface area contributed by atoms with E-state index in [-0.39, 0.29) is 47.7 Å². The van der Waals surface area contributed by atoms with Crippen LogP contribution in [-0.4, -0.2) is 56.7 Å². The minimum Gasteiger partial charge on any atom is -0.388 e. The zero-order valence-electron chi connectivity index (χ0n) is 23.1. The standard InChI is InChI=1S/C28H35ClFN5O4S/c1-17(2)28(30)10-12-34(13-11-28)40(38,39)20-7-8-22(18(3)14-20)32-26-31-16-19-15-21(29)25(36)35(24(19)33-26)23-6-5-9-27(23,4)37/h7-8,14-17,23,37H,5-6,9-13H2,1-4H3,(H,31,32,33)/t23-,27-/m1/s1. The lowest BCUT2D eigenvalue weighted by molar-refractivity contribution is 0.0267. The van der Waals surface area contributed by atoms with Gasteiger partial charge in [-0.25, -0.2) is 17.8 Å². The number of piperidine rings is 1. The van der Waals surface area contributed by atoms with Gasteiger partial charge in [0.15, 0.2) is 0 Å². The molecular weight excluding hydrogens is 557 g/mol. The number of nitrogens with one attached hydrogen (secondary N) is 1. The molecule has 0 radical (unpaired) electrons. The highest BCUT2D eigenvalue weighted by Crippen LogP contribution is 2.40. The van der Waals surface area contributed by atoms with Crippen LogP contribution in [0.4, 0.5) is 16.0 Å². The van der Waals surface area contributed by atoms with Gasteiger partial charge in [0.05, 0.1) is 16.5 Å². The normalized spacial score (nSPS) is 23.6. The first-order chi connectivity index (χ1) is 18.7. The average molecular weight is 592 g/mol. The number of anilines is 2. The van der Waals surface area contributed by atoms with Crippen LogP contribution in [0.15, 0.2) is 40.2 Å². The minimum absolute atomic E-state index is 0.0299. The van der Waals surface area contributed by atoms with Gasteiger partial charge >= 0.3 is 0 Å². The number of sulfonamides is 1. The van der Waals surface area contributed by atoms with Crippen LogP contribution < -0.4 is 10.9 Å². The molecule has 1 aromatic carbocycles. The predicted octanol–water partition coefficient (Wildman–Crippen LogP) is 5.12. The Kier molecular flexibility index (Phi) is 7.48. The van der Waals surface area contributed by atoms with Crippen LogP contribution in [0.2, 0.25) is 5.02 Å². The van der Waals surface area contributed by atoms with Crippen molar-refractivity contribution in [2.24, 2.45) is 5.92 Å². The summed E-state index contributed by atoms with van der Waals surface area (Å²) in [5, 5.41) is 14.6. The molecule has 0 amide bonds. The van der Waals surface area contributed by atoms with Gasteiger partial charge in [0.2, 0.25) is 16.0 Å². The van der Waals surface area contributed by atoms with E-state index >= 15 is 0 Å². The Morgan fingerprint density at radius 2 is 1.90 bits per heavy atom. The average Bonchev–Trinajstić information content (AvgIpc) is 3.24. The number of pyridine rings is 1. The lowest BCUT2D eigenvalue weighted by Crippen LogP contribution is -2.46. The van der Waals surface area contributed by atoms with Gasteiger partial charge in [0, 0.05) is 30.4 Å². The van der Waals surface area contributed by atoms with E-state index in [0.717, 1.165) is 6.42 Å². The van der Waals surface area contributed by atoms with Crippen LogP contribution in [-0.2, 0) is 10.0 Å². The van der Waals surface area contributed by atoms with Gasteiger partial charge < -0.3 is 10.4 Å². The molecule has 5 rings (SSSR count). The van der Waals surface area contributed by atoms with Crippen molar-refractivity contribution in [2.75, 3.05) is 18.4 Å². The second-order valence-electron chi connectivity index (χ2n) is 11.6. The van der Waals surface area contributed by atoms with Crippen molar-refractivity contribution in [2.45, 2.75) is 82.0 Å². The van der Waals surface area contributed by atoms with Crippen molar-refractivity contribution in [1.29, 1.82) is 0 Å². The molecule has 9 nitrogen and oxygen atoms in total. The molecular formula is C28H35ClFN5O4S. The Morgan fingerprint density at radius 1 is 1.20 bits per heavy atom. The summed E-state index contributed by atoms with van der Waals surface area (Å²) in [6.45, 7) is 7.41. The number of hydrogen-bond donors (Lipinski definition) is 2. The molecule has 12 heteroatoms. The molecule has 0 bridgehead atoms. The first kappa shape index (κ1) is 28.9. The molecule has 1 saturated carbocycles. The maximum atomic E-state index is 15.0. The number of aromatic nitrogens is 3. The Balaban J connectivity index is 1.42. The van der Waals surface area contributed by atoms with E-state index in [1.54, 1.807) is 32.2 Å². The van der Waals surface area contributed by atoms with Crippen LogP contribution in [0.5, 0.6) is 0 Å². The summed E-state index contributed by atoms with van der Waals surface area (Å²) >= 11 is 6.23. The summed E-state index contributed by atoms with van der Waals surface area (Å²) in [5.74, 6) is 0.0450. The molecule has 2 N–H and O–H groups in total. The van der Waals surface area contributed by atoms with Crippen LogP contribution in [0, 0.1) is 12.8 Å². The van der Waals surface area contributed by atoms with E-state index in [2.05, 4.69) is 15.3 Å². The molecule has 0 spiro atoms. The molecule has 216 valence electrons. The maximum absolute atomic E-state index is 15.0. The number of hydrogen-bond acceptors (Lipinski definition) is 7. The summed E-state index contributed by atoms with van der Waals surface area (Å²) in [6, 6.07) is 5.76. The molecule has 2 atom stereocenters. The number of alkyl halides is 1. The number of aryl methyl sites for hydroxylation is 1. The summed E-state index contributed by atoms with van der Waals surface area (Å²) in [5.41, 5.74) is -1.25. The second-order valence-corrected chi connectivity index (χ2v) is 13.9. The maximum Gasteiger partial charge on any atom is 0.271 e. The molecule has 3 heterocycles. The van der Waals surface area contributed by atoms with Gasteiger partial charge in [-0.3, -0.25) is 9.36 Å². The quantitative estimate of drug-likeness (QED) is 0.408. The Hall–Kier alpha value is -2.60. The molecule has 2 aliphatic rings. The van der Waals surface area contributed by atoms with Gasteiger partial charge in [-0.05, 0) is 81.7 Å². The van der Waals surface area contributed by atoms with Gasteiger partial charge in [-0.1, -0.05) is 25.4 Å². The highest BCUT2D eigenvalue weighted by Gasteiger charge is 2.41. The van der Waals surface area contributed by atoms with Crippen molar-refractivity contribution >= 4 is 44.3 Å². The number of nitrogens with zero attached hydrogens (tertiary/aromatic N) is 4. The zero-order valence-corrected chi connectivity index (χ0v) is 24.7. The first-order valence-electron chi connectivity index (χ1n) is 13.6. The molecule has 1 aliphatic carbocycles. The fraction of sp³-hybridized carbons (Fsp3) is 0.536. The second kappa shape index (κ2) is 10.3. The van der Waals surface area contributed by atoms with Crippen LogP contribution in [0.3, 0.4) is 0 Å². The lowest BCUT2D eigenvalue weighted by atomic mass is 9.84. The topological polar surface area (TPSA) is 117 Å². The highest BCUT2D eigenvalue weighted by atomic mass is 35.5. The van der Waals surface area contributed by atoms with Crippen LogP contribution in [0.1, 0.15) is 64.5 Å². The van der Waals surface area contributed by atoms with Gasteiger partial charge in [0.25, 0.3) is 5.56 Å². The van der Waals surface area contributed by atoms with Gasteiger partial charge in [-0.15, -0.1) is 0 Å². The predicted molar refractivity (Wildman–Crippen MR) is 153 cm³/mol. The number of aliphatic hydroxyl groups is 1. The molecule has 1 saturated heterocycles. The van der Waals surface area contributed by atoms with E-state index in [0.29, 0.717) is 35.1 Å². The Labute approximate surface area is 238 Å². The third-order valence-corrected chi connectivity index (χ3v) is 10.8. The van der Waals surface area contributed by atoms with Crippen molar-refractivity contribution in [3.8, 4) is 0 Å². The Morgan fingerprint density at radius 3 is 2.50 bits per heavy atom. The smallest absolute Gasteiger partial charge is 0.271 e. The minimum atomic E-state index is -3.78. The zero-order chi connectivity index (χ0) is 29.0. The first-order valence-corrected chi connectivity index (χ1v) is 15.4. The summed E-state index contributed by atoms with van der Waals surface area (Å²) in [7, 11) is -3.78. The fourth-order valence-corrected chi connectivity index (χ4v) is 7.59. The van der Waals surface area contributed by atoms with E-state index in [1.165, 1.54) is 21.0 Å². The van der Waals surface area contributed by atoms with Gasteiger partial charge in [0.1, 0.15) is 16.3 Å². The molecule has 0 unspecified atom stereocenters. The summed E-state index contributed by atoms with van der Waals surface area (Å²) in [4.78, 5) is 22.2. The third-order valence-electron chi connectivity index (χ3n) is 8.59. The number of benzene rings is 1. The third kappa shape index (κ3) is 5.13. The van der Waals surface area contributed by atoms with E-state index in [9.17, 15) is 22.7 Å². The largest absolute Gasteiger partial charge is 0.388 e. The Bertz CT molecular complexity index is 1620. The summed E-state index contributed by atoms with van der Waals surface area (Å²) < 4.78 is 44.4. The molecule has 40 heavy (non-hydrogen) atoms. The molecule has 2 fully saturated rings. The molecule has 3 aromatic rings. The monoisotopic (exact) mass is 591 g/mol.